The number of esters is 1. The van der Waals surface area contributed by atoms with Crippen molar-refractivity contribution in [1.29, 1.82) is 0 Å². The van der Waals surface area contributed by atoms with Gasteiger partial charge in [-0.2, -0.15) is 0 Å². The number of imide groups is 1. The Morgan fingerprint density at radius 3 is 2.58 bits per heavy atom. The summed E-state index contributed by atoms with van der Waals surface area (Å²) in [7, 11) is 1.55. The molecular formula is C18H23NO5. The summed E-state index contributed by atoms with van der Waals surface area (Å²) in [5, 5.41) is 2.36. The molecule has 0 radical (unpaired) electrons. The molecule has 0 bridgehead atoms. The molecule has 1 aromatic carbocycles. The maximum atomic E-state index is 12.8. The minimum atomic E-state index is -1.02. The number of nitrogens with one attached hydrogen (secondary N) is 1. The van der Waals surface area contributed by atoms with E-state index in [1.165, 1.54) is 0 Å². The fourth-order valence-corrected chi connectivity index (χ4v) is 3.54. The Morgan fingerprint density at radius 1 is 1.29 bits per heavy atom. The van der Waals surface area contributed by atoms with Crippen molar-refractivity contribution in [3.63, 3.8) is 0 Å². The van der Waals surface area contributed by atoms with Crippen LogP contribution in [0.15, 0.2) is 24.3 Å². The van der Waals surface area contributed by atoms with Gasteiger partial charge in [0.2, 0.25) is 11.8 Å². The Hall–Kier alpha value is -2.37. The summed E-state index contributed by atoms with van der Waals surface area (Å²) in [5.74, 6) is -2.53. The average molecular weight is 333 g/mol. The van der Waals surface area contributed by atoms with Crippen molar-refractivity contribution in [2.45, 2.75) is 32.6 Å². The van der Waals surface area contributed by atoms with Crippen molar-refractivity contribution in [2.75, 3.05) is 13.7 Å². The van der Waals surface area contributed by atoms with Crippen LogP contribution in [-0.4, -0.2) is 31.5 Å². The fraction of sp³-hybridized carbons (Fsp3) is 0.500. The summed E-state index contributed by atoms with van der Waals surface area (Å²) < 4.78 is 10.3. The minimum absolute atomic E-state index is 0.182. The van der Waals surface area contributed by atoms with Crippen molar-refractivity contribution in [3.8, 4) is 5.75 Å². The van der Waals surface area contributed by atoms with Gasteiger partial charge in [-0.25, -0.2) is 0 Å². The first-order valence-electron chi connectivity index (χ1n) is 8.08. The number of hydrogen-bond acceptors (Lipinski definition) is 5. The Labute approximate surface area is 141 Å². The monoisotopic (exact) mass is 333 g/mol. The molecular weight excluding hydrogens is 310 g/mol. The van der Waals surface area contributed by atoms with Gasteiger partial charge >= 0.3 is 5.97 Å². The van der Waals surface area contributed by atoms with E-state index in [1.54, 1.807) is 39.2 Å². The molecule has 24 heavy (non-hydrogen) atoms. The first kappa shape index (κ1) is 18.0. The summed E-state index contributed by atoms with van der Waals surface area (Å²) >= 11 is 0. The zero-order valence-electron chi connectivity index (χ0n) is 14.4. The SMILES string of the molecule is CCOC(=O)C1C(=O)NC(=O)C(CC)(c2cccc(OC)c2)C1C. The van der Waals surface area contributed by atoms with E-state index in [0.717, 1.165) is 5.56 Å². The topological polar surface area (TPSA) is 81.7 Å². The molecule has 1 N–H and O–H groups in total. The average Bonchev–Trinajstić information content (AvgIpc) is 2.56. The summed E-state index contributed by atoms with van der Waals surface area (Å²) in [4.78, 5) is 37.3. The lowest BCUT2D eigenvalue weighted by molar-refractivity contribution is -0.160. The Morgan fingerprint density at radius 2 is 2.00 bits per heavy atom. The number of carbonyl (C=O) groups is 3. The van der Waals surface area contributed by atoms with Gasteiger partial charge in [0, 0.05) is 0 Å². The van der Waals surface area contributed by atoms with Gasteiger partial charge in [-0.05, 0) is 37.0 Å². The largest absolute Gasteiger partial charge is 0.497 e. The van der Waals surface area contributed by atoms with E-state index in [9.17, 15) is 14.4 Å². The molecule has 2 rings (SSSR count). The van der Waals surface area contributed by atoms with E-state index in [4.69, 9.17) is 9.47 Å². The van der Waals surface area contributed by atoms with Crippen molar-refractivity contribution >= 4 is 17.8 Å². The van der Waals surface area contributed by atoms with Gasteiger partial charge in [-0.15, -0.1) is 0 Å². The van der Waals surface area contributed by atoms with Crippen molar-refractivity contribution in [2.24, 2.45) is 11.8 Å². The highest BCUT2D eigenvalue weighted by molar-refractivity contribution is 6.11. The number of benzene rings is 1. The van der Waals surface area contributed by atoms with E-state index in [0.29, 0.717) is 12.2 Å². The molecule has 0 spiro atoms. The Kier molecular flexibility index (Phi) is 5.26. The highest BCUT2D eigenvalue weighted by Crippen LogP contribution is 2.44. The van der Waals surface area contributed by atoms with Gasteiger partial charge in [0.15, 0.2) is 0 Å². The van der Waals surface area contributed by atoms with E-state index in [2.05, 4.69) is 5.32 Å². The van der Waals surface area contributed by atoms with E-state index >= 15 is 0 Å². The van der Waals surface area contributed by atoms with Crippen LogP contribution in [0, 0.1) is 11.8 Å². The Balaban J connectivity index is 2.55. The molecule has 1 heterocycles. The number of piperidine rings is 1. The van der Waals surface area contributed by atoms with E-state index in [1.807, 2.05) is 13.0 Å². The van der Waals surface area contributed by atoms with Gasteiger partial charge < -0.3 is 9.47 Å². The highest BCUT2D eigenvalue weighted by Gasteiger charge is 2.55. The molecule has 6 nitrogen and oxygen atoms in total. The third-order valence-corrected chi connectivity index (χ3v) is 4.88. The number of amides is 2. The number of ether oxygens (including phenoxy) is 2. The lowest BCUT2D eigenvalue weighted by Gasteiger charge is -2.43. The number of rotatable bonds is 5. The molecule has 1 fully saturated rings. The summed E-state index contributed by atoms with van der Waals surface area (Å²) in [6.45, 7) is 5.49. The standard InChI is InChI=1S/C18H23NO5/c1-5-18(12-8-7-9-13(10-12)23-4)11(3)14(16(21)24-6-2)15(20)19-17(18)22/h7-11,14H,5-6H2,1-4H3,(H,19,20,22). The van der Waals surface area contributed by atoms with E-state index in [-0.39, 0.29) is 6.61 Å². The van der Waals surface area contributed by atoms with Crippen LogP contribution >= 0.6 is 0 Å². The second-order valence-corrected chi connectivity index (χ2v) is 5.89. The van der Waals surface area contributed by atoms with Gasteiger partial charge in [0.05, 0.1) is 19.1 Å². The van der Waals surface area contributed by atoms with Crippen LogP contribution in [0.5, 0.6) is 5.75 Å². The molecule has 1 aliphatic rings. The van der Waals surface area contributed by atoms with Crippen LogP contribution in [-0.2, 0) is 24.5 Å². The van der Waals surface area contributed by atoms with Crippen LogP contribution in [0.25, 0.3) is 0 Å². The normalized spacial score (nSPS) is 26.7. The van der Waals surface area contributed by atoms with Gasteiger partial charge in [-0.1, -0.05) is 26.0 Å². The first-order chi connectivity index (χ1) is 11.4. The smallest absolute Gasteiger partial charge is 0.318 e. The molecule has 1 aromatic rings. The molecule has 6 heteroatoms. The van der Waals surface area contributed by atoms with Crippen molar-refractivity contribution < 1.29 is 23.9 Å². The van der Waals surface area contributed by atoms with Crippen LogP contribution in [0.4, 0.5) is 0 Å². The quantitative estimate of drug-likeness (QED) is 0.505. The summed E-state index contributed by atoms with van der Waals surface area (Å²) in [6, 6.07) is 7.17. The lowest BCUT2D eigenvalue weighted by atomic mass is 9.61. The minimum Gasteiger partial charge on any atom is -0.497 e. The van der Waals surface area contributed by atoms with Crippen molar-refractivity contribution in [3.05, 3.63) is 29.8 Å². The molecule has 3 atom stereocenters. The molecule has 130 valence electrons. The van der Waals surface area contributed by atoms with Crippen LogP contribution < -0.4 is 10.1 Å². The predicted octanol–water partition coefficient (Wildman–Crippen LogP) is 1.81. The third-order valence-electron chi connectivity index (χ3n) is 4.88. The molecule has 3 unspecified atom stereocenters. The van der Waals surface area contributed by atoms with Crippen molar-refractivity contribution in [1.82, 2.24) is 5.32 Å². The third kappa shape index (κ3) is 2.77. The maximum absolute atomic E-state index is 12.8. The summed E-state index contributed by atoms with van der Waals surface area (Å²) in [6.07, 6.45) is 0.441. The molecule has 2 amide bonds. The first-order valence-corrected chi connectivity index (χ1v) is 8.08. The second kappa shape index (κ2) is 7.03. The molecule has 0 aromatic heterocycles. The number of methoxy groups -OCH3 is 1. The van der Waals surface area contributed by atoms with Gasteiger partial charge in [0.25, 0.3) is 0 Å². The molecule has 0 saturated carbocycles. The lowest BCUT2D eigenvalue weighted by Crippen LogP contribution is -2.62. The second-order valence-electron chi connectivity index (χ2n) is 5.89. The number of carbonyl (C=O) groups excluding carboxylic acids is 3. The fourth-order valence-electron chi connectivity index (χ4n) is 3.54. The zero-order chi connectivity index (χ0) is 17.9. The number of hydrogen-bond donors (Lipinski definition) is 1. The molecule has 1 saturated heterocycles. The van der Waals surface area contributed by atoms with Gasteiger partial charge in [0.1, 0.15) is 11.7 Å². The van der Waals surface area contributed by atoms with Crippen LogP contribution in [0.1, 0.15) is 32.8 Å². The highest BCUT2D eigenvalue weighted by atomic mass is 16.5. The maximum Gasteiger partial charge on any atom is 0.318 e. The molecule has 1 aliphatic heterocycles. The van der Waals surface area contributed by atoms with Crippen LogP contribution in [0.3, 0.4) is 0 Å². The van der Waals surface area contributed by atoms with Crippen LogP contribution in [0.2, 0.25) is 0 Å². The van der Waals surface area contributed by atoms with Gasteiger partial charge in [-0.3, -0.25) is 19.7 Å². The zero-order valence-corrected chi connectivity index (χ0v) is 14.4. The predicted molar refractivity (Wildman–Crippen MR) is 87.4 cm³/mol. The summed E-state index contributed by atoms with van der Waals surface area (Å²) in [5.41, 5.74) is -0.281. The van der Waals surface area contributed by atoms with E-state index < -0.39 is 35.0 Å². The molecule has 0 aliphatic carbocycles. The Bertz CT molecular complexity index is 657.